The van der Waals surface area contributed by atoms with Crippen LogP contribution in [0.3, 0.4) is 0 Å². The molecule has 37 heavy (non-hydrogen) atoms. The van der Waals surface area contributed by atoms with E-state index in [0.29, 0.717) is 23.4 Å². The lowest BCUT2D eigenvalue weighted by Gasteiger charge is -2.32. The minimum Gasteiger partial charge on any atom is -0.444 e. The van der Waals surface area contributed by atoms with Crippen molar-refractivity contribution in [2.75, 3.05) is 20.8 Å². The number of hydrogen-bond acceptors (Lipinski definition) is 8. The lowest BCUT2D eigenvalue weighted by molar-refractivity contribution is 0.0389. The van der Waals surface area contributed by atoms with Crippen molar-refractivity contribution in [3.63, 3.8) is 0 Å². The number of phosphoric ester groups is 1. The summed E-state index contributed by atoms with van der Waals surface area (Å²) >= 11 is 8.10. The van der Waals surface area contributed by atoms with Crippen molar-refractivity contribution >= 4 is 43.1 Å². The van der Waals surface area contributed by atoms with Gasteiger partial charge in [0.05, 0.1) is 12.1 Å². The number of phosphoric acid groups is 1. The number of ether oxygens (including phenoxy) is 1. The molecule has 0 saturated carbocycles. The summed E-state index contributed by atoms with van der Waals surface area (Å²) in [6.45, 7) is 8.44. The minimum atomic E-state index is -3.76. The summed E-state index contributed by atoms with van der Waals surface area (Å²) in [7, 11) is -1.32. The Hall–Kier alpha value is -1.87. The van der Waals surface area contributed by atoms with Gasteiger partial charge in [0.1, 0.15) is 5.60 Å². The number of halogens is 1. The number of benzene rings is 2. The molecular weight excluding hydrogens is 537 g/mol. The first-order valence-electron chi connectivity index (χ1n) is 11.6. The van der Waals surface area contributed by atoms with Gasteiger partial charge >= 0.3 is 13.9 Å². The molecule has 1 atom stereocenters. The van der Waals surface area contributed by atoms with Gasteiger partial charge in [0.15, 0.2) is 5.78 Å². The van der Waals surface area contributed by atoms with Crippen LogP contribution in [0.5, 0.6) is 0 Å². The van der Waals surface area contributed by atoms with Crippen LogP contribution < -0.4 is 5.32 Å². The van der Waals surface area contributed by atoms with Crippen molar-refractivity contribution in [3.05, 3.63) is 58.6 Å². The molecule has 0 spiro atoms. The zero-order chi connectivity index (χ0) is 27.9. The van der Waals surface area contributed by atoms with E-state index < -0.39 is 25.1 Å². The van der Waals surface area contributed by atoms with Crippen LogP contribution in [0.15, 0.2) is 52.3 Å². The SMILES string of the molecule is COP(=O)(OC)OC[C@](C)(CCc1ccc(Sc2cccc(C(C)=O)c2)cc1Cl)NC(=O)OC(C)(C)C. The van der Waals surface area contributed by atoms with E-state index in [0.717, 1.165) is 15.4 Å². The van der Waals surface area contributed by atoms with Gasteiger partial charge in [-0.05, 0) is 77.3 Å². The Labute approximate surface area is 228 Å². The van der Waals surface area contributed by atoms with Gasteiger partial charge in [-0.3, -0.25) is 18.4 Å². The molecule has 0 fully saturated rings. The van der Waals surface area contributed by atoms with Crippen molar-refractivity contribution in [1.29, 1.82) is 0 Å². The summed E-state index contributed by atoms with van der Waals surface area (Å²) in [6, 6.07) is 13.1. The molecule has 2 aromatic rings. The Morgan fingerprint density at radius 3 is 2.24 bits per heavy atom. The quantitative estimate of drug-likeness (QED) is 0.209. The minimum absolute atomic E-state index is 0.00945. The molecular formula is C26H35ClNO7PS. The third-order valence-electron chi connectivity index (χ3n) is 5.24. The van der Waals surface area contributed by atoms with Crippen molar-refractivity contribution < 1.29 is 32.5 Å². The van der Waals surface area contributed by atoms with Gasteiger partial charge in [-0.2, -0.15) is 0 Å². The van der Waals surface area contributed by atoms with E-state index in [1.807, 2.05) is 36.4 Å². The normalized spacial score (nSPS) is 13.6. The number of aryl methyl sites for hydroxylation is 1. The third-order valence-corrected chi connectivity index (χ3v) is 7.91. The van der Waals surface area contributed by atoms with Crippen LogP contribution in [0.25, 0.3) is 0 Å². The molecule has 2 rings (SSSR count). The van der Waals surface area contributed by atoms with Crippen molar-refractivity contribution in [3.8, 4) is 0 Å². The number of carbonyl (C=O) groups excluding carboxylic acids is 2. The highest BCUT2D eigenvalue weighted by molar-refractivity contribution is 7.99. The molecule has 0 bridgehead atoms. The number of nitrogens with one attached hydrogen (secondary N) is 1. The van der Waals surface area contributed by atoms with Crippen molar-refractivity contribution in [1.82, 2.24) is 5.32 Å². The molecule has 8 nitrogen and oxygen atoms in total. The fourth-order valence-electron chi connectivity index (χ4n) is 3.24. The molecule has 0 radical (unpaired) electrons. The Morgan fingerprint density at radius 2 is 1.68 bits per heavy atom. The van der Waals surface area contributed by atoms with Gasteiger partial charge in [0.2, 0.25) is 0 Å². The highest BCUT2D eigenvalue weighted by Crippen LogP contribution is 2.48. The van der Waals surface area contributed by atoms with Crippen molar-refractivity contribution in [2.45, 2.75) is 68.4 Å². The zero-order valence-electron chi connectivity index (χ0n) is 22.3. The number of amides is 1. The smallest absolute Gasteiger partial charge is 0.444 e. The van der Waals surface area contributed by atoms with Crippen LogP contribution in [-0.4, -0.2) is 43.8 Å². The maximum absolute atomic E-state index is 12.5. The summed E-state index contributed by atoms with van der Waals surface area (Å²) < 4.78 is 33.0. The van der Waals surface area contributed by atoms with Crippen molar-refractivity contribution in [2.24, 2.45) is 0 Å². The van der Waals surface area contributed by atoms with E-state index in [4.69, 9.17) is 29.9 Å². The van der Waals surface area contributed by atoms with Crippen LogP contribution in [0.4, 0.5) is 4.79 Å². The molecule has 1 N–H and O–H groups in total. The van der Waals surface area contributed by atoms with E-state index in [2.05, 4.69) is 5.32 Å². The molecule has 0 saturated heterocycles. The Morgan fingerprint density at radius 1 is 1.03 bits per heavy atom. The predicted molar refractivity (Wildman–Crippen MR) is 146 cm³/mol. The van der Waals surface area contributed by atoms with E-state index in [9.17, 15) is 14.2 Å². The summed E-state index contributed by atoms with van der Waals surface area (Å²) in [4.78, 5) is 26.1. The summed E-state index contributed by atoms with van der Waals surface area (Å²) in [5.41, 5.74) is -0.152. The maximum atomic E-state index is 12.5. The maximum Gasteiger partial charge on any atom is 0.474 e. The fourth-order valence-corrected chi connectivity index (χ4v) is 5.30. The number of ketones is 1. The molecule has 0 aromatic heterocycles. The third kappa shape index (κ3) is 10.4. The van der Waals surface area contributed by atoms with Gasteiger partial charge in [-0.1, -0.05) is 41.6 Å². The second-order valence-electron chi connectivity index (χ2n) is 9.71. The zero-order valence-corrected chi connectivity index (χ0v) is 24.7. The summed E-state index contributed by atoms with van der Waals surface area (Å²) in [5.74, 6) is 0.00945. The van der Waals surface area contributed by atoms with Crippen LogP contribution >= 0.6 is 31.2 Å². The number of hydrogen-bond donors (Lipinski definition) is 1. The molecule has 1 amide bonds. The Kier molecular flexibility index (Phi) is 11.2. The Bertz CT molecular complexity index is 1150. The molecule has 0 aliphatic heterocycles. The average Bonchev–Trinajstić information content (AvgIpc) is 2.81. The lowest BCUT2D eigenvalue weighted by atomic mass is 9.94. The largest absolute Gasteiger partial charge is 0.474 e. The second kappa shape index (κ2) is 13.3. The van der Waals surface area contributed by atoms with Crippen LogP contribution in [-0.2, 0) is 29.3 Å². The molecule has 2 aromatic carbocycles. The van der Waals surface area contributed by atoms with Gasteiger partial charge in [0.25, 0.3) is 0 Å². The standard InChI is InChI=1S/C26H35ClNO7PS/c1-18(29)20-9-8-10-21(15-20)37-22-12-11-19(23(27)16-22)13-14-26(5,17-34-36(31,32-6)33-7)28-24(30)35-25(2,3)4/h8-12,15-16H,13-14,17H2,1-7H3,(H,28,30)/t26-/m0/s1. The highest BCUT2D eigenvalue weighted by Gasteiger charge is 2.34. The van der Waals surface area contributed by atoms with E-state index in [1.165, 1.54) is 32.9 Å². The molecule has 204 valence electrons. The van der Waals surface area contributed by atoms with Gasteiger partial charge < -0.3 is 10.1 Å². The highest BCUT2D eigenvalue weighted by atomic mass is 35.5. The van der Waals surface area contributed by atoms with E-state index >= 15 is 0 Å². The number of carbonyl (C=O) groups is 2. The predicted octanol–water partition coefficient (Wildman–Crippen LogP) is 7.33. The van der Waals surface area contributed by atoms with E-state index in [1.54, 1.807) is 33.8 Å². The van der Waals surface area contributed by atoms with Gasteiger partial charge in [-0.25, -0.2) is 9.36 Å². The van der Waals surface area contributed by atoms with Crippen LogP contribution in [0.2, 0.25) is 5.02 Å². The number of alkyl carbamates (subject to hydrolysis) is 1. The summed E-state index contributed by atoms with van der Waals surface area (Å²) in [6.07, 6.45) is 0.254. The first-order chi connectivity index (χ1) is 17.2. The van der Waals surface area contributed by atoms with Gasteiger partial charge in [-0.15, -0.1) is 0 Å². The fraction of sp³-hybridized carbons (Fsp3) is 0.462. The monoisotopic (exact) mass is 571 g/mol. The summed E-state index contributed by atoms with van der Waals surface area (Å²) in [5, 5.41) is 3.39. The lowest BCUT2D eigenvalue weighted by Crippen LogP contribution is -2.51. The van der Waals surface area contributed by atoms with Crippen LogP contribution in [0, 0.1) is 0 Å². The first-order valence-corrected chi connectivity index (χ1v) is 14.3. The number of Topliss-reactive ketones (excluding diaryl/α,β-unsaturated/α-hetero) is 1. The Balaban J connectivity index is 2.16. The molecule has 0 unspecified atom stereocenters. The first kappa shape index (κ1) is 31.3. The second-order valence-corrected chi connectivity index (χ2v) is 13.1. The van der Waals surface area contributed by atoms with E-state index in [-0.39, 0.29) is 12.4 Å². The molecule has 0 aliphatic rings. The van der Waals surface area contributed by atoms with Gasteiger partial charge in [0, 0.05) is 34.6 Å². The molecule has 11 heteroatoms. The topological polar surface area (TPSA) is 100 Å². The number of rotatable bonds is 12. The average molecular weight is 572 g/mol. The molecule has 0 aliphatic carbocycles. The van der Waals surface area contributed by atoms with Crippen LogP contribution in [0.1, 0.15) is 57.0 Å². The molecule has 0 heterocycles.